The van der Waals surface area contributed by atoms with Gasteiger partial charge >= 0.3 is 6.18 Å². The molecule has 0 aliphatic heterocycles. The molecule has 9 heteroatoms. The molecule has 0 radical (unpaired) electrons. The van der Waals surface area contributed by atoms with E-state index in [4.69, 9.17) is 8.94 Å². The molecular weight excluding hydrogens is 279 g/mol. The summed E-state index contributed by atoms with van der Waals surface area (Å²) in [6.07, 6.45) is -4.72. The standard InChI is InChI=1S/C11H10F3N3O3/c12-11(13,14)4-3-9(18)15-6-8-16-10(20-17-8)7-2-1-5-19-7/h1-2,5H,3-4,6H2,(H,15,18). The van der Waals surface area contributed by atoms with Gasteiger partial charge in [-0.3, -0.25) is 4.79 Å². The van der Waals surface area contributed by atoms with Crippen LogP contribution in [0.2, 0.25) is 0 Å². The number of alkyl halides is 3. The molecule has 0 bridgehead atoms. The van der Waals surface area contributed by atoms with Crippen molar-refractivity contribution < 1.29 is 26.9 Å². The first kappa shape index (κ1) is 14.1. The molecule has 0 atom stereocenters. The van der Waals surface area contributed by atoms with Crippen molar-refractivity contribution in [2.24, 2.45) is 0 Å². The summed E-state index contributed by atoms with van der Waals surface area (Å²) >= 11 is 0. The molecule has 6 nitrogen and oxygen atoms in total. The van der Waals surface area contributed by atoms with E-state index in [1.165, 1.54) is 6.26 Å². The molecule has 0 saturated heterocycles. The topological polar surface area (TPSA) is 81.2 Å². The van der Waals surface area contributed by atoms with E-state index in [2.05, 4.69) is 15.5 Å². The van der Waals surface area contributed by atoms with Gasteiger partial charge in [0.1, 0.15) is 0 Å². The Morgan fingerprint density at radius 3 is 2.85 bits per heavy atom. The van der Waals surface area contributed by atoms with Crippen molar-refractivity contribution in [3.8, 4) is 11.7 Å². The van der Waals surface area contributed by atoms with Gasteiger partial charge in [-0.2, -0.15) is 18.2 Å². The summed E-state index contributed by atoms with van der Waals surface area (Å²) < 4.78 is 45.6. The number of rotatable bonds is 5. The Morgan fingerprint density at radius 1 is 1.40 bits per heavy atom. The van der Waals surface area contributed by atoms with Crippen molar-refractivity contribution in [3.05, 3.63) is 24.2 Å². The number of carbonyl (C=O) groups excluding carboxylic acids is 1. The van der Waals surface area contributed by atoms with E-state index in [1.54, 1.807) is 12.1 Å². The van der Waals surface area contributed by atoms with Gasteiger partial charge < -0.3 is 14.3 Å². The number of hydrogen-bond donors (Lipinski definition) is 1. The Morgan fingerprint density at radius 2 is 2.20 bits per heavy atom. The Kier molecular flexibility index (Phi) is 4.06. The van der Waals surface area contributed by atoms with Gasteiger partial charge in [-0.25, -0.2) is 0 Å². The van der Waals surface area contributed by atoms with Crippen LogP contribution in [0.15, 0.2) is 27.3 Å². The lowest BCUT2D eigenvalue weighted by Gasteiger charge is -2.05. The monoisotopic (exact) mass is 289 g/mol. The zero-order valence-electron chi connectivity index (χ0n) is 10.1. The van der Waals surface area contributed by atoms with Crippen molar-refractivity contribution in [2.45, 2.75) is 25.6 Å². The molecule has 0 aromatic carbocycles. The van der Waals surface area contributed by atoms with Crippen molar-refractivity contribution in [1.29, 1.82) is 0 Å². The molecular formula is C11H10F3N3O3. The van der Waals surface area contributed by atoms with Crippen LogP contribution in [0.3, 0.4) is 0 Å². The molecule has 2 heterocycles. The fourth-order valence-corrected chi connectivity index (χ4v) is 1.35. The van der Waals surface area contributed by atoms with Crippen molar-refractivity contribution in [3.63, 3.8) is 0 Å². The van der Waals surface area contributed by atoms with E-state index in [1.807, 2.05) is 0 Å². The predicted octanol–water partition coefficient (Wildman–Crippen LogP) is 2.29. The lowest BCUT2D eigenvalue weighted by Crippen LogP contribution is -2.25. The maximum absolute atomic E-state index is 11.9. The Balaban J connectivity index is 1.81. The van der Waals surface area contributed by atoms with Gasteiger partial charge in [0.15, 0.2) is 11.6 Å². The maximum atomic E-state index is 11.9. The largest absolute Gasteiger partial charge is 0.459 e. The minimum Gasteiger partial charge on any atom is -0.459 e. The smallest absolute Gasteiger partial charge is 0.389 e. The van der Waals surface area contributed by atoms with Crippen molar-refractivity contribution >= 4 is 5.91 Å². The van der Waals surface area contributed by atoms with Gasteiger partial charge in [-0.1, -0.05) is 5.16 Å². The summed E-state index contributed by atoms with van der Waals surface area (Å²) in [5.41, 5.74) is 0. The van der Waals surface area contributed by atoms with Gasteiger partial charge in [-0.05, 0) is 12.1 Å². The van der Waals surface area contributed by atoms with Crippen LogP contribution >= 0.6 is 0 Å². The lowest BCUT2D eigenvalue weighted by molar-refractivity contribution is -0.144. The minimum absolute atomic E-state index is 0.110. The van der Waals surface area contributed by atoms with E-state index >= 15 is 0 Å². The number of carbonyl (C=O) groups is 1. The van der Waals surface area contributed by atoms with Gasteiger partial charge in [0.05, 0.1) is 19.2 Å². The third-order valence-electron chi connectivity index (χ3n) is 2.28. The third-order valence-corrected chi connectivity index (χ3v) is 2.28. The van der Waals surface area contributed by atoms with Crippen LogP contribution in [0.4, 0.5) is 13.2 Å². The van der Waals surface area contributed by atoms with Gasteiger partial charge in [-0.15, -0.1) is 0 Å². The average Bonchev–Trinajstić information content (AvgIpc) is 3.03. The van der Waals surface area contributed by atoms with Gasteiger partial charge in [0.25, 0.3) is 5.89 Å². The molecule has 1 amide bonds. The number of amides is 1. The van der Waals surface area contributed by atoms with Crippen LogP contribution in [0.1, 0.15) is 18.7 Å². The lowest BCUT2D eigenvalue weighted by atomic mass is 10.3. The second kappa shape index (κ2) is 5.76. The normalized spacial score (nSPS) is 11.6. The second-order valence-corrected chi connectivity index (χ2v) is 3.88. The van der Waals surface area contributed by atoms with Crippen LogP contribution in [0, 0.1) is 0 Å². The summed E-state index contributed by atoms with van der Waals surface area (Å²) in [5.74, 6) is -0.0786. The number of hydrogen-bond acceptors (Lipinski definition) is 5. The zero-order chi connectivity index (χ0) is 14.6. The van der Waals surface area contributed by atoms with E-state index < -0.39 is 24.9 Å². The molecule has 2 aromatic heterocycles. The number of nitrogens with zero attached hydrogens (tertiary/aromatic N) is 2. The molecule has 1 N–H and O–H groups in total. The summed E-state index contributed by atoms with van der Waals surface area (Å²) in [4.78, 5) is 15.1. The highest BCUT2D eigenvalue weighted by Gasteiger charge is 2.27. The molecule has 0 spiro atoms. The van der Waals surface area contributed by atoms with Crippen LogP contribution in [0.5, 0.6) is 0 Å². The van der Waals surface area contributed by atoms with Gasteiger partial charge in [0, 0.05) is 6.42 Å². The molecule has 0 unspecified atom stereocenters. The van der Waals surface area contributed by atoms with Crippen LogP contribution in [0.25, 0.3) is 11.7 Å². The van der Waals surface area contributed by atoms with E-state index in [-0.39, 0.29) is 18.3 Å². The molecule has 0 aliphatic rings. The summed E-state index contributed by atoms with van der Waals surface area (Å²) in [6, 6.07) is 3.25. The average molecular weight is 289 g/mol. The fourth-order valence-electron chi connectivity index (χ4n) is 1.35. The van der Waals surface area contributed by atoms with E-state index in [9.17, 15) is 18.0 Å². The quantitative estimate of drug-likeness (QED) is 0.913. The molecule has 0 saturated carbocycles. The van der Waals surface area contributed by atoms with Crippen molar-refractivity contribution in [1.82, 2.24) is 15.5 Å². The SMILES string of the molecule is O=C(CCC(F)(F)F)NCc1noc(-c2ccco2)n1. The van der Waals surface area contributed by atoms with Crippen LogP contribution in [-0.4, -0.2) is 22.2 Å². The van der Waals surface area contributed by atoms with E-state index in [0.717, 1.165) is 0 Å². The first-order valence-corrected chi connectivity index (χ1v) is 5.64. The first-order valence-electron chi connectivity index (χ1n) is 5.64. The maximum Gasteiger partial charge on any atom is 0.389 e. The predicted molar refractivity (Wildman–Crippen MR) is 59.1 cm³/mol. The number of nitrogens with one attached hydrogen (secondary N) is 1. The molecule has 108 valence electrons. The Hall–Kier alpha value is -2.32. The minimum atomic E-state index is -4.35. The summed E-state index contributed by atoms with van der Waals surface area (Å²) in [5, 5.41) is 5.85. The van der Waals surface area contributed by atoms with Crippen molar-refractivity contribution in [2.75, 3.05) is 0 Å². The van der Waals surface area contributed by atoms with Crippen LogP contribution in [-0.2, 0) is 11.3 Å². The van der Waals surface area contributed by atoms with Gasteiger partial charge in [0.2, 0.25) is 5.91 Å². The Labute approximate surface area is 111 Å². The first-order chi connectivity index (χ1) is 9.44. The highest BCUT2D eigenvalue weighted by Crippen LogP contribution is 2.21. The molecule has 2 rings (SSSR count). The highest BCUT2D eigenvalue weighted by atomic mass is 19.4. The molecule has 0 fully saturated rings. The molecule has 0 aliphatic carbocycles. The third kappa shape index (κ3) is 4.11. The zero-order valence-corrected chi connectivity index (χ0v) is 10.1. The fraction of sp³-hybridized carbons (Fsp3) is 0.364. The number of halogens is 3. The molecule has 2 aromatic rings. The Bertz CT molecular complexity index is 563. The highest BCUT2D eigenvalue weighted by molar-refractivity contribution is 5.75. The number of aromatic nitrogens is 2. The van der Waals surface area contributed by atoms with Crippen LogP contribution < -0.4 is 5.32 Å². The summed E-state index contributed by atoms with van der Waals surface area (Å²) in [7, 11) is 0. The summed E-state index contributed by atoms with van der Waals surface area (Å²) in [6.45, 7) is -0.110. The van der Waals surface area contributed by atoms with E-state index in [0.29, 0.717) is 5.76 Å². The molecule has 20 heavy (non-hydrogen) atoms. The second-order valence-electron chi connectivity index (χ2n) is 3.88. The number of furan rings is 1.